The molecule has 0 radical (unpaired) electrons. The van der Waals surface area contributed by atoms with Crippen molar-refractivity contribution >= 4 is 5.91 Å². The minimum Gasteiger partial charge on any atom is -0.497 e. The van der Waals surface area contributed by atoms with Gasteiger partial charge in [-0.25, -0.2) is 0 Å². The molecule has 1 unspecified atom stereocenters. The van der Waals surface area contributed by atoms with Crippen molar-refractivity contribution in [3.63, 3.8) is 0 Å². The van der Waals surface area contributed by atoms with Crippen LogP contribution in [0.25, 0.3) is 0 Å². The molecule has 146 valence electrons. The van der Waals surface area contributed by atoms with Crippen molar-refractivity contribution in [1.29, 1.82) is 0 Å². The predicted octanol–water partition coefficient (Wildman–Crippen LogP) is 2.33. The molecule has 2 aromatic carbocycles. The molecular formula is C21H27NO5. The number of aliphatic hydroxyl groups excluding tert-OH is 1. The van der Waals surface area contributed by atoms with Crippen molar-refractivity contribution in [3.8, 4) is 11.5 Å². The maximum Gasteiger partial charge on any atom is 0.224 e. The molecule has 0 aromatic heterocycles. The fourth-order valence-corrected chi connectivity index (χ4v) is 2.44. The van der Waals surface area contributed by atoms with Crippen molar-refractivity contribution in [2.45, 2.75) is 26.1 Å². The molecule has 0 fully saturated rings. The van der Waals surface area contributed by atoms with Crippen LogP contribution in [-0.4, -0.2) is 44.0 Å². The first kappa shape index (κ1) is 20.7. The van der Waals surface area contributed by atoms with Crippen molar-refractivity contribution in [2.75, 3.05) is 26.9 Å². The molecule has 0 saturated heterocycles. The van der Waals surface area contributed by atoms with Crippen LogP contribution >= 0.6 is 0 Å². The molecule has 0 bridgehead atoms. The normalized spacial score (nSPS) is 11.7. The number of hydrogen-bond donors (Lipinski definition) is 2. The van der Waals surface area contributed by atoms with Gasteiger partial charge in [-0.3, -0.25) is 4.79 Å². The monoisotopic (exact) mass is 373 g/mol. The van der Waals surface area contributed by atoms with Crippen LogP contribution in [0.5, 0.6) is 11.5 Å². The van der Waals surface area contributed by atoms with Gasteiger partial charge in [0.05, 0.1) is 39.5 Å². The van der Waals surface area contributed by atoms with Crippen LogP contribution in [0.4, 0.5) is 0 Å². The summed E-state index contributed by atoms with van der Waals surface area (Å²) in [6.45, 7) is 3.22. The number of rotatable bonds is 11. The van der Waals surface area contributed by atoms with E-state index in [0.29, 0.717) is 13.2 Å². The molecule has 0 aliphatic rings. The Morgan fingerprint density at radius 1 is 1.04 bits per heavy atom. The summed E-state index contributed by atoms with van der Waals surface area (Å²) < 4.78 is 16.0. The SMILES string of the molecule is CCOc1ccc(CC(=O)NCC(O)COCc2ccc(OC)cc2)cc1. The molecule has 6 nitrogen and oxygen atoms in total. The second-order valence-corrected chi connectivity index (χ2v) is 6.07. The van der Waals surface area contributed by atoms with Gasteiger partial charge in [-0.2, -0.15) is 0 Å². The van der Waals surface area contributed by atoms with Gasteiger partial charge in [0.15, 0.2) is 0 Å². The fraction of sp³-hybridized carbons (Fsp3) is 0.381. The van der Waals surface area contributed by atoms with Crippen molar-refractivity contribution in [3.05, 3.63) is 59.7 Å². The van der Waals surface area contributed by atoms with Crippen LogP contribution in [0, 0.1) is 0 Å². The lowest BCUT2D eigenvalue weighted by molar-refractivity contribution is -0.121. The van der Waals surface area contributed by atoms with Crippen LogP contribution < -0.4 is 14.8 Å². The Kier molecular flexibility index (Phi) is 8.61. The number of hydrogen-bond acceptors (Lipinski definition) is 5. The molecule has 1 amide bonds. The number of ether oxygens (including phenoxy) is 3. The topological polar surface area (TPSA) is 77.0 Å². The van der Waals surface area contributed by atoms with Gasteiger partial charge in [0.2, 0.25) is 5.91 Å². The Hall–Kier alpha value is -2.57. The molecule has 2 N–H and O–H groups in total. The number of amides is 1. The molecule has 2 aromatic rings. The lowest BCUT2D eigenvalue weighted by Gasteiger charge is -2.13. The highest BCUT2D eigenvalue weighted by molar-refractivity contribution is 5.78. The van der Waals surface area contributed by atoms with Gasteiger partial charge in [0.1, 0.15) is 11.5 Å². The first-order valence-corrected chi connectivity index (χ1v) is 8.98. The maximum atomic E-state index is 12.0. The van der Waals surface area contributed by atoms with Gasteiger partial charge in [-0.05, 0) is 42.3 Å². The van der Waals surface area contributed by atoms with E-state index in [1.165, 1.54) is 0 Å². The second kappa shape index (κ2) is 11.2. The van der Waals surface area contributed by atoms with E-state index in [2.05, 4.69) is 5.32 Å². The number of benzene rings is 2. The zero-order valence-electron chi connectivity index (χ0n) is 15.8. The van der Waals surface area contributed by atoms with E-state index in [4.69, 9.17) is 14.2 Å². The van der Waals surface area contributed by atoms with Gasteiger partial charge in [-0.1, -0.05) is 24.3 Å². The summed E-state index contributed by atoms with van der Waals surface area (Å²) in [5.74, 6) is 1.42. The average Bonchev–Trinajstić information content (AvgIpc) is 2.69. The third kappa shape index (κ3) is 7.68. The third-order valence-electron chi connectivity index (χ3n) is 3.87. The molecule has 1 atom stereocenters. The molecule has 0 spiro atoms. The molecule has 0 aliphatic heterocycles. The Morgan fingerprint density at radius 3 is 2.30 bits per heavy atom. The Labute approximate surface area is 160 Å². The van der Waals surface area contributed by atoms with E-state index < -0.39 is 6.10 Å². The number of aliphatic hydroxyl groups is 1. The standard InChI is InChI=1S/C21H27NO5/c1-3-27-20-10-4-16(5-11-20)12-21(24)22-13-18(23)15-26-14-17-6-8-19(25-2)9-7-17/h4-11,18,23H,3,12-15H2,1-2H3,(H,22,24). The van der Waals surface area contributed by atoms with Crippen LogP contribution in [0.15, 0.2) is 48.5 Å². The quantitative estimate of drug-likeness (QED) is 0.632. The van der Waals surface area contributed by atoms with E-state index in [1.54, 1.807) is 7.11 Å². The highest BCUT2D eigenvalue weighted by atomic mass is 16.5. The van der Waals surface area contributed by atoms with E-state index in [1.807, 2.05) is 55.5 Å². The van der Waals surface area contributed by atoms with Crippen LogP contribution in [-0.2, 0) is 22.6 Å². The van der Waals surface area contributed by atoms with Crippen LogP contribution in [0.2, 0.25) is 0 Å². The second-order valence-electron chi connectivity index (χ2n) is 6.07. The minimum atomic E-state index is -0.757. The summed E-state index contributed by atoms with van der Waals surface area (Å²) in [5, 5.41) is 12.7. The Balaban J connectivity index is 1.63. The molecule has 2 rings (SSSR count). The summed E-state index contributed by atoms with van der Waals surface area (Å²) in [5.41, 5.74) is 1.88. The fourth-order valence-electron chi connectivity index (χ4n) is 2.44. The average molecular weight is 373 g/mol. The summed E-state index contributed by atoms with van der Waals surface area (Å²) in [6.07, 6.45) is -0.501. The maximum absolute atomic E-state index is 12.0. The first-order valence-electron chi connectivity index (χ1n) is 8.98. The van der Waals surface area contributed by atoms with Crippen LogP contribution in [0.3, 0.4) is 0 Å². The molecule has 0 heterocycles. The van der Waals surface area contributed by atoms with Gasteiger partial charge >= 0.3 is 0 Å². The highest BCUT2D eigenvalue weighted by Crippen LogP contribution is 2.13. The highest BCUT2D eigenvalue weighted by Gasteiger charge is 2.09. The number of carbonyl (C=O) groups is 1. The van der Waals surface area contributed by atoms with E-state index >= 15 is 0 Å². The van der Waals surface area contributed by atoms with Crippen LogP contribution in [0.1, 0.15) is 18.1 Å². The predicted molar refractivity (Wildman–Crippen MR) is 103 cm³/mol. The van der Waals surface area contributed by atoms with E-state index in [0.717, 1.165) is 22.6 Å². The lowest BCUT2D eigenvalue weighted by atomic mass is 10.1. The van der Waals surface area contributed by atoms with Gasteiger partial charge in [0.25, 0.3) is 0 Å². The van der Waals surface area contributed by atoms with Gasteiger partial charge < -0.3 is 24.6 Å². The summed E-state index contributed by atoms with van der Waals surface area (Å²) in [7, 11) is 1.62. The molecule has 0 saturated carbocycles. The molecule has 0 aliphatic carbocycles. The number of carbonyl (C=O) groups excluding carboxylic acids is 1. The van der Waals surface area contributed by atoms with Crippen molar-refractivity contribution in [2.24, 2.45) is 0 Å². The number of nitrogens with one attached hydrogen (secondary N) is 1. The van der Waals surface area contributed by atoms with Crippen molar-refractivity contribution < 1.29 is 24.1 Å². The van der Waals surface area contributed by atoms with Gasteiger partial charge in [0, 0.05) is 6.54 Å². The lowest BCUT2D eigenvalue weighted by Crippen LogP contribution is -2.35. The largest absolute Gasteiger partial charge is 0.497 e. The molecule has 6 heteroatoms. The summed E-state index contributed by atoms with van der Waals surface area (Å²) in [6, 6.07) is 14.9. The minimum absolute atomic E-state index is 0.145. The third-order valence-corrected chi connectivity index (χ3v) is 3.87. The zero-order chi connectivity index (χ0) is 19.5. The molecular weight excluding hydrogens is 346 g/mol. The van der Waals surface area contributed by atoms with E-state index in [9.17, 15) is 9.90 Å². The van der Waals surface area contributed by atoms with Gasteiger partial charge in [-0.15, -0.1) is 0 Å². The zero-order valence-corrected chi connectivity index (χ0v) is 15.8. The Bertz CT molecular complexity index is 685. The van der Waals surface area contributed by atoms with E-state index in [-0.39, 0.29) is 25.5 Å². The number of methoxy groups -OCH3 is 1. The Morgan fingerprint density at radius 2 is 1.67 bits per heavy atom. The first-order chi connectivity index (χ1) is 13.1. The smallest absolute Gasteiger partial charge is 0.224 e. The summed E-state index contributed by atoms with van der Waals surface area (Å²) in [4.78, 5) is 12.0. The summed E-state index contributed by atoms with van der Waals surface area (Å²) >= 11 is 0. The molecule has 27 heavy (non-hydrogen) atoms. The van der Waals surface area contributed by atoms with Crippen molar-refractivity contribution in [1.82, 2.24) is 5.32 Å².